The molecular weight excluding hydrogens is 340 g/mol. The second kappa shape index (κ2) is 7.02. The summed E-state index contributed by atoms with van der Waals surface area (Å²) in [6.45, 7) is 4.23. The average Bonchev–Trinajstić information content (AvgIpc) is 3.03. The van der Waals surface area contributed by atoms with Gasteiger partial charge in [-0.1, -0.05) is 30.4 Å². The molecule has 0 unspecified atom stereocenters. The zero-order chi connectivity index (χ0) is 18.0. The van der Waals surface area contributed by atoms with Crippen LogP contribution in [0, 0.1) is 0 Å². The highest BCUT2D eigenvalue weighted by molar-refractivity contribution is 7.15. The number of amides is 1. The van der Waals surface area contributed by atoms with Gasteiger partial charge in [-0.3, -0.25) is 14.9 Å². The molecule has 130 valence electrons. The van der Waals surface area contributed by atoms with Gasteiger partial charge in [-0.05, 0) is 25.5 Å². The van der Waals surface area contributed by atoms with Crippen LogP contribution in [0.3, 0.4) is 0 Å². The number of para-hydroxylation sites is 1. The minimum atomic E-state index is -0.686. The number of fused-ring (bicyclic) bond motifs is 1. The van der Waals surface area contributed by atoms with E-state index in [4.69, 9.17) is 0 Å². The molecular formula is C17H18N4O3S. The van der Waals surface area contributed by atoms with E-state index in [-0.39, 0.29) is 11.3 Å². The third kappa shape index (κ3) is 3.12. The SMILES string of the molecule is CCCc1nnc(NC(=O)c2c(O)c3ccccc3n(CC)c2=O)s1. The summed E-state index contributed by atoms with van der Waals surface area (Å²) in [5.74, 6) is -1.00. The lowest BCUT2D eigenvalue weighted by atomic mass is 10.1. The van der Waals surface area contributed by atoms with Gasteiger partial charge in [0.2, 0.25) is 5.13 Å². The summed E-state index contributed by atoms with van der Waals surface area (Å²) in [6.07, 6.45) is 1.70. The van der Waals surface area contributed by atoms with E-state index < -0.39 is 11.5 Å². The number of aromatic hydroxyl groups is 1. The Morgan fingerprint density at radius 3 is 2.76 bits per heavy atom. The lowest BCUT2D eigenvalue weighted by Crippen LogP contribution is -2.29. The molecule has 0 saturated heterocycles. The molecule has 0 atom stereocenters. The molecule has 0 fully saturated rings. The molecule has 8 heteroatoms. The van der Waals surface area contributed by atoms with Crippen molar-refractivity contribution < 1.29 is 9.90 Å². The summed E-state index contributed by atoms with van der Waals surface area (Å²) in [5.41, 5.74) is -0.229. The van der Waals surface area contributed by atoms with Crippen molar-refractivity contribution in [2.75, 3.05) is 5.32 Å². The van der Waals surface area contributed by atoms with Crippen LogP contribution >= 0.6 is 11.3 Å². The molecule has 1 aromatic carbocycles. The number of carbonyl (C=O) groups excluding carboxylic acids is 1. The lowest BCUT2D eigenvalue weighted by molar-refractivity contribution is 0.102. The summed E-state index contributed by atoms with van der Waals surface area (Å²) in [7, 11) is 0. The number of nitrogens with one attached hydrogen (secondary N) is 1. The number of benzene rings is 1. The predicted molar refractivity (Wildman–Crippen MR) is 97.4 cm³/mol. The van der Waals surface area contributed by atoms with E-state index in [0.29, 0.717) is 22.6 Å². The van der Waals surface area contributed by atoms with Crippen LogP contribution in [-0.2, 0) is 13.0 Å². The summed E-state index contributed by atoms with van der Waals surface area (Å²) < 4.78 is 1.46. The maximum Gasteiger partial charge on any atom is 0.267 e. The fraction of sp³-hybridized carbons (Fsp3) is 0.294. The summed E-state index contributed by atoms with van der Waals surface area (Å²) in [6, 6.07) is 6.94. The first-order chi connectivity index (χ1) is 12.1. The molecule has 3 aromatic rings. The molecule has 2 aromatic heterocycles. The van der Waals surface area contributed by atoms with Crippen LogP contribution in [0.2, 0.25) is 0 Å². The van der Waals surface area contributed by atoms with Crippen LogP contribution in [0.25, 0.3) is 10.9 Å². The molecule has 0 aliphatic rings. The van der Waals surface area contributed by atoms with Crippen molar-refractivity contribution in [2.45, 2.75) is 33.2 Å². The largest absolute Gasteiger partial charge is 0.506 e. The molecule has 2 N–H and O–H groups in total. The van der Waals surface area contributed by atoms with Crippen molar-refractivity contribution in [2.24, 2.45) is 0 Å². The molecule has 25 heavy (non-hydrogen) atoms. The lowest BCUT2D eigenvalue weighted by Gasteiger charge is -2.12. The Morgan fingerprint density at radius 1 is 1.28 bits per heavy atom. The van der Waals surface area contributed by atoms with E-state index in [1.807, 2.05) is 13.8 Å². The average molecular weight is 358 g/mol. The van der Waals surface area contributed by atoms with Gasteiger partial charge in [0.05, 0.1) is 5.52 Å². The zero-order valence-corrected chi connectivity index (χ0v) is 14.8. The Balaban J connectivity index is 2.05. The second-order valence-corrected chi connectivity index (χ2v) is 6.56. The van der Waals surface area contributed by atoms with Gasteiger partial charge in [0.15, 0.2) is 0 Å². The summed E-state index contributed by atoms with van der Waals surface area (Å²) in [4.78, 5) is 25.3. The number of carbonyl (C=O) groups is 1. The minimum Gasteiger partial charge on any atom is -0.506 e. The monoisotopic (exact) mass is 358 g/mol. The Morgan fingerprint density at radius 2 is 2.04 bits per heavy atom. The predicted octanol–water partition coefficient (Wildman–Crippen LogP) is 2.78. The number of hydrogen-bond donors (Lipinski definition) is 2. The molecule has 0 bridgehead atoms. The minimum absolute atomic E-state index is 0.284. The maximum atomic E-state index is 12.7. The van der Waals surface area contributed by atoms with Gasteiger partial charge in [0.25, 0.3) is 11.5 Å². The first kappa shape index (κ1) is 17.1. The van der Waals surface area contributed by atoms with Gasteiger partial charge >= 0.3 is 0 Å². The van der Waals surface area contributed by atoms with Gasteiger partial charge in [-0.15, -0.1) is 10.2 Å². The van der Waals surface area contributed by atoms with Gasteiger partial charge in [0.1, 0.15) is 16.3 Å². The molecule has 0 aliphatic heterocycles. The van der Waals surface area contributed by atoms with Crippen LogP contribution in [-0.4, -0.2) is 25.8 Å². The third-order valence-electron chi connectivity index (χ3n) is 3.84. The van der Waals surface area contributed by atoms with Crippen molar-refractivity contribution in [1.29, 1.82) is 0 Å². The highest BCUT2D eigenvalue weighted by atomic mass is 32.1. The van der Waals surface area contributed by atoms with E-state index in [1.54, 1.807) is 24.3 Å². The fourth-order valence-corrected chi connectivity index (χ4v) is 3.52. The van der Waals surface area contributed by atoms with E-state index in [0.717, 1.165) is 17.8 Å². The first-order valence-corrected chi connectivity index (χ1v) is 8.86. The second-order valence-electron chi connectivity index (χ2n) is 5.50. The van der Waals surface area contributed by atoms with E-state index in [1.165, 1.54) is 15.9 Å². The first-order valence-electron chi connectivity index (χ1n) is 8.05. The summed E-state index contributed by atoms with van der Waals surface area (Å²) in [5, 5.41) is 22.5. The van der Waals surface area contributed by atoms with E-state index in [2.05, 4.69) is 15.5 Å². The molecule has 0 radical (unpaired) electrons. The van der Waals surface area contributed by atoms with Crippen LogP contribution in [0.4, 0.5) is 5.13 Å². The Labute approximate surface area is 148 Å². The topological polar surface area (TPSA) is 97.1 Å². The Bertz CT molecular complexity index is 993. The molecule has 2 heterocycles. The number of pyridine rings is 1. The molecule has 0 spiro atoms. The molecule has 3 rings (SSSR count). The number of hydrogen-bond acceptors (Lipinski definition) is 6. The van der Waals surface area contributed by atoms with Crippen LogP contribution in [0.15, 0.2) is 29.1 Å². The standard InChI is InChI=1S/C17H18N4O3S/c1-3-7-12-19-20-17(25-12)18-15(23)13-14(22)10-8-5-6-9-11(10)21(4-2)16(13)24/h5-6,8-9,22H,3-4,7H2,1-2H3,(H,18,20,23). The van der Waals surface area contributed by atoms with Crippen molar-refractivity contribution in [3.63, 3.8) is 0 Å². The maximum absolute atomic E-state index is 12.7. The third-order valence-corrected chi connectivity index (χ3v) is 4.74. The highest BCUT2D eigenvalue weighted by Gasteiger charge is 2.22. The van der Waals surface area contributed by atoms with Crippen LogP contribution < -0.4 is 10.9 Å². The van der Waals surface area contributed by atoms with Crippen LogP contribution in [0.1, 0.15) is 35.6 Å². The molecule has 0 saturated carbocycles. The number of aryl methyl sites for hydroxylation is 2. The zero-order valence-electron chi connectivity index (χ0n) is 13.9. The Hall–Kier alpha value is -2.74. The van der Waals surface area contributed by atoms with Gasteiger partial charge < -0.3 is 9.67 Å². The number of aromatic nitrogens is 3. The van der Waals surface area contributed by atoms with Gasteiger partial charge in [-0.2, -0.15) is 0 Å². The van der Waals surface area contributed by atoms with Crippen molar-refractivity contribution in [1.82, 2.24) is 14.8 Å². The molecule has 7 nitrogen and oxygen atoms in total. The van der Waals surface area contributed by atoms with Crippen molar-refractivity contribution >= 4 is 33.3 Å². The number of anilines is 1. The number of rotatable bonds is 5. The van der Waals surface area contributed by atoms with Crippen molar-refractivity contribution in [3.05, 3.63) is 45.2 Å². The highest BCUT2D eigenvalue weighted by Crippen LogP contribution is 2.27. The quantitative estimate of drug-likeness (QED) is 0.731. The number of nitrogens with zero attached hydrogens (tertiary/aromatic N) is 3. The smallest absolute Gasteiger partial charge is 0.267 e. The normalized spacial score (nSPS) is 11.0. The van der Waals surface area contributed by atoms with E-state index >= 15 is 0 Å². The summed E-state index contributed by atoms with van der Waals surface area (Å²) >= 11 is 1.26. The van der Waals surface area contributed by atoms with Gasteiger partial charge in [-0.25, -0.2) is 0 Å². The molecule has 0 aliphatic carbocycles. The fourth-order valence-electron chi connectivity index (χ4n) is 2.69. The Kier molecular flexibility index (Phi) is 4.80. The van der Waals surface area contributed by atoms with Gasteiger partial charge in [0, 0.05) is 18.4 Å². The van der Waals surface area contributed by atoms with Crippen LogP contribution in [0.5, 0.6) is 5.75 Å². The van der Waals surface area contributed by atoms with E-state index in [9.17, 15) is 14.7 Å². The van der Waals surface area contributed by atoms with Crippen molar-refractivity contribution in [3.8, 4) is 5.75 Å². The molecule has 1 amide bonds.